The second-order valence-electron chi connectivity index (χ2n) is 7.04. The van der Waals surface area contributed by atoms with Crippen LogP contribution in [0.3, 0.4) is 0 Å². The molecule has 140 valence electrons. The molecule has 5 nitrogen and oxygen atoms in total. The number of hydrogen-bond donors (Lipinski definition) is 2. The lowest BCUT2D eigenvalue weighted by Crippen LogP contribution is -2.37. The molecule has 1 aliphatic rings. The summed E-state index contributed by atoms with van der Waals surface area (Å²) in [5, 5.41) is 2.99. The molecule has 6 heteroatoms. The Labute approximate surface area is 157 Å². The van der Waals surface area contributed by atoms with Crippen molar-refractivity contribution in [2.45, 2.75) is 25.8 Å². The SMILES string of the molecule is Cc1nc2ccc(C(=O)NCC(c3ccccc3F)N3CCCC3)cc2[nH]1. The number of aromatic nitrogens is 2. The van der Waals surface area contributed by atoms with E-state index in [-0.39, 0.29) is 17.8 Å². The number of nitrogens with zero attached hydrogens (tertiary/aromatic N) is 2. The van der Waals surface area contributed by atoms with E-state index in [1.165, 1.54) is 6.07 Å². The van der Waals surface area contributed by atoms with Crippen LogP contribution in [-0.2, 0) is 0 Å². The van der Waals surface area contributed by atoms with Crippen LogP contribution in [0, 0.1) is 12.7 Å². The number of nitrogens with one attached hydrogen (secondary N) is 2. The lowest BCUT2D eigenvalue weighted by atomic mass is 10.0. The molecule has 2 heterocycles. The van der Waals surface area contributed by atoms with Gasteiger partial charge >= 0.3 is 0 Å². The molecule has 1 aromatic heterocycles. The number of imidazole rings is 1. The van der Waals surface area contributed by atoms with Crippen LogP contribution in [0.4, 0.5) is 4.39 Å². The third-order valence-electron chi connectivity index (χ3n) is 5.16. The summed E-state index contributed by atoms with van der Waals surface area (Å²) >= 11 is 0. The minimum atomic E-state index is -0.224. The summed E-state index contributed by atoms with van der Waals surface area (Å²) < 4.78 is 14.4. The summed E-state index contributed by atoms with van der Waals surface area (Å²) in [5.41, 5.74) is 2.88. The molecule has 0 saturated carbocycles. The molecule has 2 aromatic carbocycles. The maximum absolute atomic E-state index is 14.4. The Bertz CT molecular complexity index is 962. The van der Waals surface area contributed by atoms with E-state index in [1.807, 2.05) is 25.1 Å². The van der Waals surface area contributed by atoms with E-state index in [0.717, 1.165) is 42.8 Å². The zero-order valence-corrected chi connectivity index (χ0v) is 15.3. The van der Waals surface area contributed by atoms with Gasteiger partial charge in [-0.25, -0.2) is 9.37 Å². The van der Waals surface area contributed by atoms with Crippen LogP contribution >= 0.6 is 0 Å². The Morgan fingerprint density at radius 1 is 1.26 bits per heavy atom. The number of hydrogen-bond acceptors (Lipinski definition) is 3. The number of carbonyl (C=O) groups is 1. The van der Waals surface area contributed by atoms with Crippen LogP contribution in [-0.4, -0.2) is 40.4 Å². The first-order valence-corrected chi connectivity index (χ1v) is 9.35. The first-order chi connectivity index (χ1) is 13.1. The predicted octanol–water partition coefficient (Wildman–Crippen LogP) is 3.58. The molecule has 4 rings (SSSR count). The highest BCUT2D eigenvalue weighted by Crippen LogP contribution is 2.26. The molecule has 1 fully saturated rings. The van der Waals surface area contributed by atoms with Crippen molar-refractivity contribution in [3.8, 4) is 0 Å². The molecular formula is C21H23FN4O. The van der Waals surface area contributed by atoms with E-state index in [4.69, 9.17) is 0 Å². The van der Waals surface area contributed by atoms with Gasteiger partial charge in [-0.15, -0.1) is 0 Å². The Hall–Kier alpha value is -2.73. The van der Waals surface area contributed by atoms with Crippen LogP contribution in [0.25, 0.3) is 11.0 Å². The summed E-state index contributed by atoms with van der Waals surface area (Å²) in [4.78, 5) is 22.4. The van der Waals surface area contributed by atoms with E-state index in [0.29, 0.717) is 17.7 Å². The van der Waals surface area contributed by atoms with Crippen molar-refractivity contribution in [1.29, 1.82) is 0 Å². The van der Waals surface area contributed by atoms with Crippen LogP contribution in [0.2, 0.25) is 0 Å². The summed E-state index contributed by atoms with van der Waals surface area (Å²) in [6.45, 7) is 4.11. The standard InChI is InChI=1S/C21H23FN4O/c1-14-24-18-9-8-15(12-19(18)25-14)21(27)23-13-20(26-10-4-5-11-26)16-6-2-3-7-17(16)22/h2-3,6-9,12,20H,4-5,10-11,13H2,1H3,(H,23,27)(H,24,25). The van der Waals surface area contributed by atoms with Gasteiger partial charge in [0.1, 0.15) is 11.6 Å². The molecule has 1 atom stereocenters. The largest absolute Gasteiger partial charge is 0.350 e. The molecular weight excluding hydrogens is 343 g/mol. The second kappa shape index (κ2) is 7.48. The Morgan fingerprint density at radius 3 is 2.81 bits per heavy atom. The first kappa shape index (κ1) is 17.7. The quantitative estimate of drug-likeness (QED) is 0.726. The van der Waals surface area contributed by atoms with Crippen molar-refractivity contribution in [3.63, 3.8) is 0 Å². The lowest BCUT2D eigenvalue weighted by molar-refractivity contribution is 0.0937. The molecule has 1 amide bonds. The van der Waals surface area contributed by atoms with Gasteiger partial charge in [0, 0.05) is 17.7 Å². The van der Waals surface area contributed by atoms with Crippen molar-refractivity contribution in [2.24, 2.45) is 0 Å². The Kier molecular flexibility index (Phi) is 4.90. The molecule has 1 aliphatic heterocycles. The zero-order chi connectivity index (χ0) is 18.8. The smallest absolute Gasteiger partial charge is 0.251 e. The fourth-order valence-electron chi connectivity index (χ4n) is 3.80. The van der Waals surface area contributed by atoms with Gasteiger partial charge in [-0.3, -0.25) is 9.69 Å². The van der Waals surface area contributed by atoms with Gasteiger partial charge in [0.25, 0.3) is 5.91 Å². The second-order valence-corrected chi connectivity index (χ2v) is 7.04. The molecule has 1 unspecified atom stereocenters. The lowest BCUT2D eigenvalue weighted by Gasteiger charge is -2.28. The number of halogens is 1. The average molecular weight is 366 g/mol. The molecule has 27 heavy (non-hydrogen) atoms. The maximum Gasteiger partial charge on any atom is 0.251 e. The highest BCUT2D eigenvalue weighted by atomic mass is 19.1. The zero-order valence-electron chi connectivity index (χ0n) is 15.3. The van der Waals surface area contributed by atoms with E-state index in [1.54, 1.807) is 18.2 Å². The van der Waals surface area contributed by atoms with Crippen molar-refractivity contribution in [3.05, 3.63) is 65.2 Å². The maximum atomic E-state index is 14.4. The number of fused-ring (bicyclic) bond motifs is 1. The number of aromatic amines is 1. The van der Waals surface area contributed by atoms with Crippen LogP contribution in [0.15, 0.2) is 42.5 Å². The summed E-state index contributed by atoms with van der Waals surface area (Å²) in [6.07, 6.45) is 2.21. The van der Waals surface area contributed by atoms with Gasteiger partial charge in [0.15, 0.2) is 0 Å². The van der Waals surface area contributed by atoms with Gasteiger partial charge in [0.05, 0.1) is 17.1 Å². The van der Waals surface area contributed by atoms with Gasteiger partial charge in [0.2, 0.25) is 0 Å². The number of amides is 1. The number of carbonyl (C=O) groups excluding carboxylic acids is 1. The normalized spacial score (nSPS) is 15.9. The first-order valence-electron chi connectivity index (χ1n) is 9.35. The van der Waals surface area contributed by atoms with Crippen molar-refractivity contribution in [2.75, 3.05) is 19.6 Å². The van der Waals surface area contributed by atoms with Gasteiger partial charge in [-0.1, -0.05) is 18.2 Å². The molecule has 0 aliphatic carbocycles. The van der Waals surface area contributed by atoms with Crippen molar-refractivity contribution < 1.29 is 9.18 Å². The van der Waals surface area contributed by atoms with Crippen LogP contribution in [0.5, 0.6) is 0 Å². The van der Waals surface area contributed by atoms with E-state index in [2.05, 4.69) is 20.2 Å². The van der Waals surface area contributed by atoms with E-state index in [9.17, 15) is 9.18 Å². The summed E-state index contributed by atoms with van der Waals surface area (Å²) in [6, 6.07) is 12.1. The number of benzene rings is 2. The highest BCUT2D eigenvalue weighted by Gasteiger charge is 2.26. The highest BCUT2D eigenvalue weighted by molar-refractivity contribution is 5.97. The average Bonchev–Trinajstić information content (AvgIpc) is 3.31. The minimum Gasteiger partial charge on any atom is -0.350 e. The number of aryl methyl sites for hydroxylation is 1. The molecule has 2 N–H and O–H groups in total. The van der Waals surface area contributed by atoms with E-state index >= 15 is 0 Å². The number of H-pyrrole nitrogens is 1. The van der Waals surface area contributed by atoms with Crippen molar-refractivity contribution in [1.82, 2.24) is 20.2 Å². The topological polar surface area (TPSA) is 61.0 Å². The Balaban J connectivity index is 1.52. The molecule has 0 spiro atoms. The monoisotopic (exact) mass is 366 g/mol. The third kappa shape index (κ3) is 3.71. The fourth-order valence-corrected chi connectivity index (χ4v) is 3.80. The molecule has 1 saturated heterocycles. The van der Waals surface area contributed by atoms with E-state index < -0.39 is 0 Å². The molecule has 0 bridgehead atoms. The molecule has 0 radical (unpaired) electrons. The van der Waals surface area contributed by atoms with Gasteiger partial charge < -0.3 is 10.3 Å². The third-order valence-corrected chi connectivity index (χ3v) is 5.16. The number of likely N-dealkylation sites (tertiary alicyclic amines) is 1. The summed E-state index contributed by atoms with van der Waals surface area (Å²) in [7, 11) is 0. The number of rotatable bonds is 5. The predicted molar refractivity (Wildman–Crippen MR) is 103 cm³/mol. The van der Waals surface area contributed by atoms with Crippen LogP contribution < -0.4 is 5.32 Å². The Morgan fingerprint density at radius 2 is 2.04 bits per heavy atom. The van der Waals surface area contributed by atoms with Crippen LogP contribution in [0.1, 0.15) is 40.6 Å². The van der Waals surface area contributed by atoms with Gasteiger partial charge in [-0.05, 0) is 57.1 Å². The van der Waals surface area contributed by atoms with Gasteiger partial charge in [-0.2, -0.15) is 0 Å². The molecule has 3 aromatic rings. The van der Waals surface area contributed by atoms with Crippen molar-refractivity contribution >= 4 is 16.9 Å². The fraction of sp³-hybridized carbons (Fsp3) is 0.333. The summed E-state index contributed by atoms with van der Waals surface area (Å²) in [5.74, 6) is 0.430. The minimum absolute atomic E-state index is 0.157.